The summed E-state index contributed by atoms with van der Waals surface area (Å²) in [5.74, 6) is -1.06. The number of carboxylic acid groups (broad SMARTS) is 1. The molecule has 1 aromatic heterocycles. The van der Waals surface area contributed by atoms with Crippen molar-refractivity contribution in [3.63, 3.8) is 0 Å². The maximum atomic E-state index is 14.2. The average molecular weight is 349 g/mol. The third-order valence-electron chi connectivity index (χ3n) is 4.43. The molecule has 1 N–H and O–H groups in total. The maximum Gasteiger partial charge on any atom is 0.320 e. The topological polar surface area (TPSA) is 49.8 Å². The Morgan fingerprint density at radius 2 is 2.21 bits per heavy atom. The van der Waals surface area contributed by atoms with Crippen LogP contribution >= 0.6 is 11.3 Å². The monoisotopic (exact) mass is 349 g/mol. The molecule has 1 saturated heterocycles. The van der Waals surface area contributed by atoms with E-state index in [9.17, 15) is 14.3 Å². The van der Waals surface area contributed by atoms with Gasteiger partial charge in [-0.1, -0.05) is 6.07 Å². The van der Waals surface area contributed by atoms with Crippen LogP contribution in [0.15, 0.2) is 30.3 Å². The van der Waals surface area contributed by atoms with E-state index in [0.717, 1.165) is 21.7 Å². The number of hydrogen-bond acceptors (Lipinski definition) is 4. The normalized spacial score (nSPS) is 19.4. The van der Waals surface area contributed by atoms with Crippen molar-refractivity contribution in [1.29, 1.82) is 0 Å². The van der Waals surface area contributed by atoms with Gasteiger partial charge in [0.05, 0.1) is 13.2 Å². The van der Waals surface area contributed by atoms with Crippen molar-refractivity contribution < 1.29 is 19.0 Å². The van der Waals surface area contributed by atoms with Crippen molar-refractivity contribution in [3.05, 3.63) is 51.5 Å². The van der Waals surface area contributed by atoms with Crippen molar-refractivity contribution >= 4 is 17.3 Å². The van der Waals surface area contributed by atoms with Crippen LogP contribution in [0.2, 0.25) is 0 Å². The number of likely N-dealkylation sites (tertiary alicyclic amines) is 1. The zero-order chi connectivity index (χ0) is 17.3. The smallest absolute Gasteiger partial charge is 0.320 e. The minimum Gasteiger partial charge on any atom is -0.494 e. The summed E-state index contributed by atoms with van der Waals surface area (Å²) in [7, 11) is 1.43. The first-order valence-electron chi connectivity index (χ1n) is 7.89. The first-order chi connectivity index (χ1) is 11.5. The third kappa shape index (κ3) is 3.16. The van der Waals surface area contributed by atoms with Crippen molar-refractivity contribution in [2.75, 3.05) is 13.7 Å². The standard InChI is InChI=1S/C18H20FNO3S/c1-11-5-8-16(24-11)17(20-9-3-4-14(20)18(21)22)12-6-7-15(23-2)13(19)10-12/h5-8,10,14,17H,3-4,9H2,1-2H3,(H,21,22). The number of thiophene rings is 1. The van der Waals surface area contributed by atoms with Gasteiger partial charge >= 0.3 is 5.97 Å². The van der Waals surface area contributed by atoms with E-state index >= 15 is 0 Å². The van der Waals surface area contributed by atoms with Gasteiger partial charge in [0.2, 0.25) is 0 Å². The van der Waals surface area contributed by atoms with Gasteiger partial charge in [-0.05, 0) is 49.6 Å². The summed E-state index contributed by atoms with van der Waals surface area (Å²) in [6.07, 6.45) is 1.45. The molecule has 2 heterocycles. The fourth-order valence-electron chi connectivity index (χ4n) is 3.34. The Hall–Kier alpha value is -1.92. The van der Waals surface area contributed by atoms with E-state index in [0.29, 0.717) is 13.0 Å². The number of ether oxygens (including phenoxy) is 1. The average Bonchev–Trinajstić information content (AvgIpc) is 3.18. The number of nitrogens with zero attached hydrogens (tertiary/aromatic N) is 1. The van der Waals surface area contributed by atoms with Crippen LogP contribution in [0, 0.1) is 12.7 Å². The van der Waals surface area contributed by atoms with E-state index in [2.05, 4.69) is 0 Å². The number of carbonyl (C=O) groups is 1. The molecule has 0 bridgehead atoms. The van der Waals surface area contributed by atoms with Crippen LogP contribution in [0.3, 0.4) is 0 Å². The lowest BCUT2D eigenvalue weighted by Gasteiger charge is -2.31. The van der Waals surface area contributed by atoms with Crippen LogP contribution in [0.25, 0.3) is 0 Å². The summed E-state index contributed by atoms with van der Waals surface area (Å²) < 4.78 is 19.2. The summed E-state index contributed by atoms with van der Waals surface area (Å²) in [5, 5.41) is 9.54. The van der Waals surface area contributed by atoms with E-state index in [4.69, 9.17) is 4.74 Å². The van der Waals surface area contributed by atoms with Gasteiger partial charge in [0, 0.05) is 16.3 Å². The number of methoxy groups -OCH3 is 1. The Balaban J connectivity index is 2.05. The molecule has 6 heteroatoms. The van der Waals surface area contributed by atoms with Crippen molar-refractivity contribution in [1.82, 2.24) is 4.90 Å². The summed E-state index contributed by atoms with van der Waals surface area (Å²) in [5.41, 5.74) is 0.753. The number of benzene rings is 1. The van der Waals surface area contributed by atoms with Crippen molar-refractivity contribution in [2.24, 2.45) is 0 Å². The van der Waals surface area contributed by atoms with Crippen LogP contribution in [-0.2, 0) is 4.79 Å². The van der Waals surface area contributed by atoms with Gasteiger partial charge in [0.15, 0.2) is 11.6 Å². The second kappa shape index (κ2) is 6.91. The summed E-state index contributed by atoms with van der Waals surface area (Å²) >= 11 is 1.62. The van der Waals surface area contributed by atoms with E-state index < -0.39 is 17.8 Å². The summed E-state index contributed by atoms with van der Waals surface area (Å²) in [6.45, 7) is 2.70. The molecule has 24 heavy (non-hydrogen) atoms. The molecule has 0 aliphatic carbocycles. The molecular weight excluding hydrogens is 329 g/mol. The fraction of sp³-hybridized carbons (Fsp3) is 0.389. The zero-order valence-electron chi connectivity index (χ0n) is 13.7. The molecule has 0 radical (unpaired) electrons. The molecule has 1 aliphatic heterocycles. The van der Waals surface area contributed by atoms with Crippen LogP contribution in [0.5, 0.6) is 5.75 Å². The van der Waals surface area contributed by atoms with E-state index in [1.54, 1.807) is 17.4 Å². The minimum atomic E-state index is -0.820. The molecule has 2 aromatic rings. The van der Waals surface area contributed by atoms with Gasteiger partial charge in [-0.3, -0.25) is 9.69 Å². The number of rotatable bonds is 5. The molecular formula is C18H20FNO3S. The van der Waals surface area contributed by atoms with Crippen LogP contribution < -0.4 is 4.74 Å². The van der Waals surface area contributed by atoms with Crippen LogP contribution in [0.4, 0.5) is 4.39 Å². The van der Waals surface area contributed by atoms with Crippen LogP contribution in [-0.4, -0.2) is 35.7 Å². The second-order valence-electron chi connectivity index (χ2n) is 5.98. The number of carboxylic acids is 1. The maximum absolute atomic E-state index is 14.2. The fourth-order valence-corrected chi connectivity index (χ4v) is 4.36. The lowest BCUT2D eigenvalue weighted by molar-refractivity contribution is -0.142. The van der Waals surface area contributed by atoms with Gasteiger partial charge in [-0.15, -0.1) is 11.3 Å². The highest BCUT2D eigenvalue weighted by Crippen LogP contribution is 2.38. The molecule has 0 amide bonds. The highest BCUT2D eigenvalue weighted by atomic mass is 32.1. The SMILES string of the molecule is COc1ccc(C(c2ccc(C)s2)N2CCCC2C(=O)O)cc1F. The Labute approximate surface area is 144 Å². The van der Waals surface area contributed by atoms with E-state index in [1.165, 1.54) is 13.2 Å². The molecule has 4 nitrogen and oxygen atoms in total. The van der Waals surface area contributed by atoms with Crippen LogP contribution in [0.1, 0.15) is 34.2 Å². The molecule has 0 spiro atoms. The number of halogens is 1. The minimum absolute atomic E-state index is 0.191. The lowest BCUT2D eigenvalue weighted by atomic mass is 10.0. The molecule has 2 unspecified atom stereocenters. The second-order valence-corrected chi connectivity index (χ2v) is 7.30. The summed E-state index contributed by atoms with van der Waals surface area (Å²) in [6, 6.07) is 8.09. The Morgan fingerprint density at radius 3 is 2.79 bits per heavy atom. The number of aliphatic carboxylic acids is 1. The largest absolute Gasteiger partial charge is 0.494 e. The van der Waals surface area contributed by atoms with E-state index in [-0.39, 0.29) is 11.8 Å². The van der Waals surface area contributed by atoms with Gasteiger partial charge in [-0.25, -0.2) is 4.39 Å². The van der Waals surface area contributed by atoms with Crippen molar-refractivity contribution in [2.45, 2.75) is 31.8 Å². The Kier molecular flexibility index (Phi) is 4.87. The van der Waals surface area contributed by atoms with Gasteiger partial charge in [0.1, 0.15) is 6.04 Å². The predicted molar refractivity (Wildman–Crippen MR) is 91.2 cm³/mol. The molecule has 3 rings (SSSR count). The molecule has 0 saturated carbocycles. The first kappa shape index (κ1) is 16.9. The molecule has 128 valence electrons. The quantitative estimate of drug-likeness (QED) is 0.891. The lowest BCUT2D eigenvalue weighted by Crippen LogP contribution is -2.39. The number of hydrogen-bond donors (Lipinski definition) is 1. The van der Waals surface area contributed by atoms with Gasteiger partial charge in [0.25, 0.3) is 0 Å². The Morgan fingerprint density at radius 1 is 1.42 bits per heavy atom. The van der Waals surface area contributed by atoms with Crippen molar-refractivity contribution in [3.8, 4) is 5.75 Å². The highest BCUT2D eigenvalue weighted by molar-refractivity contribution is 7.12. The predicted octanol–water partition coefficient (Wildman–Crippen LogP) is 3.84. The molecule has 2 atom stereocenters. The number of aryl methyl sites for hydroxylation is 1. The zero-order valence-corrected chi connectivity index (χ0v) is 14.5. The van der Waals surface area contributed by atoms with Gasteiger partial charge < -0.3 is 9.84 Å². The first-order valence-corrected chi connectivity index (χ1v) is 8.71. The third-order valence-corrected chi connectivity index (χ3v) is 5.49. The Bertz CT molecular complexity index is 746. The molecule has 1 aromatic carbocycles. The molecule has 1 aliphatic rings. The van der Waals surface area contributed by atoms with E-state index in [1.807, 2.05) is 30.0 Å². The summed E-state index contributed by atoms with van der Waals surface area (Å²) in [4.78, 5) is 15.8. The van der Waals surface area contributed by atoms with Gasteiger partial charge in [-0.2, -0.15) is 0 Å². The molecule has 1 fully saturated rings. The highest BCUT2D eigenvalue weighted by Gasteiger charge is 2.37.